The van der Waals surface area contributed by atoms with E-state index in [4.69, 9.17) is 14.2 Å². The van der Waals surface area contributed by atoms with E-state index in [2.05, 4.69) is 28.6 Å². The molecule has 1 saturated carbocycles. The summed E-state index contributed by atoms with van der Waals surface area (Å²) in [7, 11) is 1.90. The van der Waals surface area contributed by atoms with Crippen LogP contribution in [0.25, 0.3) is 0 Å². The average molecular weight is 404 g/mol. The molecule has 29 heavy (non-hydrogen) atoms. The summed E-state index contributed by atoms with van der Waals surface area (Å²) >= 11 is 0. The van der Waals surface area contributed by atoms with Gasteiger partial charge in [-0.3, -0.25) is 9.80 Å². The van der Waals surface area contributed by atoms with Crippen LogP contribution in [0, 0.1) is 5.41 Å². The predicted molar refractivity (Wildman–Crippen MR) is 113 cm³/mol. The third-order valence-corrected chi connectivity index (χ3v) is 6.96. The zero-order valence-corrected chi connectivity index (χ0v) is 18.3. The largest absolute Gasteiger partial charge is 0.474 e. The van der Waals surface area contributed by atoms with Crippen molar-refractivity contribution >= 4 is 0 Å². The molecule has 0 radical (unpaired) electrons. The Hall–Kier alpha value is -1.21. The quantitative estimate of drug-likeness (QED) is 0.698. The first kappa shape index (κ1) is 21.0. The minimum absolute atomic E-state index is 0.0149. The summed E-state index contributed by atoms with van der Waals surface area (Å²) in [6.45, 7) is 12.0. The summed E-state index contributed by atoms with van der Waals surface area (Å²) in [4.78, 5) is 9.59. The van der Waals surface area contributed by atoms with E-state index in [1.807, 2.05) is 25.3 Å². The third kappa shape index (κ3) is 4.93. The number of methoxy groups -OCH3 is 1. The Labute approximate surface area is 175 Å². The Morgan fingerprint density at radius 3 is 2.72 bits per heavy atom. The molecule has 0 bridgehead atoms. The fourth-order valence-electron chi connectivity index (χ4n) is 5.60. The molecule has 3 atom stereocenters. The molecule has 162 valence electrons. The van der Waals surface area contributed by atoms with Crippen molar-refractivity contribution in [3.63, 3.8) is 0 Å². The van der Waals surface area contributed by atoms with Crippen LogP contribution >= 0.6 is 0 Å². The number of morpholine rings is 1. The lowest BCUT2D eigenvalue weighted by Gasteiger charge is -2.45. The first-order valence-electron chi connectivity index (χ1n) is 11.2. The first-order valence-corrected chi connectivity index (χ1v) is 11.2. The molecule has 6 nitrogen and oxygen atoms in total. The van der Waals surface area contributed by atoms with Gasteiger partial charge in [-0.2, -0.15) is 0 Å². The van der Waals surface area contributed by atoms with Crippen molar-refractivity contribution in [1.82, 2.24) is 14.8 Å². The molecule has 1 aromatic heterocycles. The molecular formula is C23H37N3O3. The maximum absolute atomic E-state index is 6.24. The standard InChI is InChI=1S/C23H37N3O3/c1-22(2,17-25-12-14-28-15-13-25)18-26-11-9-23(27-3)8-7-19(16-20(23)26)29-21-6-4-5-10-24-21/h4-6,10,19-20H,7-9,11-18H2,1-3H3/t19-,20-,23+/m0/s1. The number of hydrogen-bond acceptors (Lipinski definition) is 6. The van der Waals surface area contributed by atoms with Crippen molar-refractivity contribution in [3.05, 3.63) is 24.4 Å². The second-order valence-electron chi connectivity index (χ2n) is 9.74. The second kappa shape index (κ2) is 8.88. The Balaban J connectivity index is 1.40. The van der Waals surface area contributed by atoms with Crippen LogP contribution in [0.3, 0.4) is 0 Å². The lowest BCUT2D eigenvalue weighted by Crippen LogP contribution is -2.54. The van der Waals surface area contributed by atoms with Crippen LogP contribution in [0.2, 0.25) is 0 Å². The number of aromatic nitrogens is 1. The zero-order valence-electron chi connectivity index (χ0n) is 18.3. The number of likely N-dealkylation sites (tertiary alicyclic amines) is 1. The minimum Gasteiger partial charge on any atom is -0.474 e. The Morgan fingerprint density at radius 2 is 2.00 bits per heavy atom. The van der Waals surface area contributed by atoms with Crippen molar-refractivity contribution < 1.29 is 14.2 Å². The summed E-state index contributed by atoms with van der Waals surface area (Å²) in [5.41, 5.74) is 0.217. The highest BCUT2D eigenvalue weighted by Gasteiger charge is 2.52. The van der Waals surface area contributed by atoms with Crippen molar-refractivity contribution in [2.75, 3.05) is 53.0 Å². The fourth-order valence-corrected chi connectivity index (χ4v) is 5.60. The Bertz CT molecular complexity index is 650. The third-order valence-electron chi connectivity index (χ3n) is 6.96. The number of hydrogen-bond donors (Lipinski definition) is 0. The molecule has 2 saturated heterocycles. The van der Waals surface area contributed by atoms with Gasteiger partial charge in [0, 0.05) is 64.6 Å². The maximum Gasteiger partial charge on any atom is 0.213 e. The van der Waals surface area contributed by atoms with Crippen LogP contribution in [0.4, 0.5) is 0 Å². The summed E-state index contributed by atoms with van der Waals surface area (Å²) in [5.74, 6) is 0.736. The Morgan fingerprint density at radius 1 is 1.17 bits per heavy atom. The second-order valence-corrected chi connectivity index (χ2v) is 9.74. The van der Waals surface area contributed by atoms with E-state index in [0.717, 1.165) is 77.5 Å². The number of pyridine rings is 1. The van der Waals surface area contributed by atoms with Gasteiger partial charge in [-0.25, -0.2) is 4.98 Å². The van der Waals surface area contributed by atoms with Crippen LogP contribution in [-0.4, -0.2) is 85.6 Å². The first-order chi connectivity index (χ1) is 14.0. The van der Waals surface area contributed by atoms with Crippen LogP contribution in [0.5, 0.6) is 5.88 Å². The van der Waals surface area contributed by atoms with Gasteiger partial charge in [0.1, 0.15) is 6.10 Å². The molecule has 0 aromatic carbocycles. The molecule has 3 heterocycles. The van der Waals surface area contributed by atoms with Crippen molar-refractivity contribution in [2.24, 2.45) is 5.41 Å². The lowest BCUT2D eigenvalue weighted by molar-refractivity contribution is -0.0876. The summed E-state index contributed by atoms with van der Waals surface area (Å²) in [5, 5.41) is 0. The summed E-state index contributed by atoms with van der Waals surface area (Å²) in [6.07, 6.45) is 6.24. The van der Waals surface area contributed by atoms with Gasteiger partial charge >= 0.3 is 0 Å². The highest BCUT2D eigenvalue weighted by atomic mass is 16.5. The van der Waals surface area contributed by atoms with E-state index in [1.54, 1.807) is 6.20 Å². The molecule has 1 aromatic rings. The fraction of sp³-hybridized carbons (Fsp3) is 0.783. The van der Waals surface area contributed by atoms with Gasteiger partial charge in [-0.05, 0) is 30.7 Å². The predicted octanol–water partition coefficient (Wildman–Crippen LogP) is 2.83. The molecule has 0 unspecified atom stereocenters. The van der Waals surface area contributed by atoms with Crippen molar-refractivity contribution in [3.8, 4) is 5.88 Å². The van der Waals surface area contributed by atoms with Crippen LogP contribution in [0.15, 0.2) is 24.4 Å². The van der Waals surface area contributed by atoms with Crippen LogP contribution < -0.4 is 4.74 Å². The molecule has 6 heteroatoms. The minimum atomic E-state index is -0.0149. The average Bonchev–Trinajstić information content (AvgIpc) is 3.07. The molecule has 0 N–H and O–H groups in total. The molecule has 2 aliphatic heterocycles. The van der Waals surface area contributed by atoms with Gasteiger partial charge in [0.15, 0.2) is 0 Å². The van der Waals surface area contributed by atoms with E-state index in [9.17, 15) is 0 Å². The molecule has 3 aliphatic rings. The molecule has 1 aliphatic carbocycles. The van der Waals surface area contributed by atoms with Gasteiger partial charge in [-0.1, -0.05) is 19.9 Å². The number of fused-ring (bicyclic) bond motifs is 1. The number of ether oxygens (including phenoxy) is 3. The van der Waals surface area contributed by atoms with E-state index in [-0.39, 0.29) is 17.1 Å². The maximum atomic E-state index is 6.24. The van der Waals surface area contributed by atoms with Crippen molar-refractivity contribution in [2.45, 2.75) is 57.3 Å². The van der Waals surface area contributed by atoms with E-state index < -0.39 is 0 Å². The lowest BCUT2D eigenvalue weighted by atomic mass is 9.78. The SMILES string of the molecule is CO[C@@]12CC[C@H](Oc3ccccn3)C[C@@H]1N(CC(C)(C)CN1CCOCC1)CC2. The topological polar surface area (TPSA) is 47.1 Å². The molecule has 0 amide bonds. The highest BCUT2D eigenvalue weighted by Crippen LogP contribution is 2.44. The van der Waals surface area contributed by atoms with Crippen LogP contribution in [0.1, 0.15) is 39.5 Å². The van der Waals surface area contributed by atoms with E-state index in [1.165, 1.54) is 0 Å². The summed E-state index contributed by atoms with van der Waals surface area (Å²) in [6, 6.07) is 6.29. The number of nitrogens with zero attached hydrogens (tertiary/aromatic N) is 3. The smallest absolute Gasteiger partial charge is 0.213 e. The summed E-state index contributed by atoms with van der Waals surface area (Å²) < 4.78 is 17.9. The van der Waals surface area contributed by atoms with Gasteiger partial charge in [0.25, 0.3) is 0 Å². The molecule has 0 spiro atoms. The van der Waals surface area contributed by atoms with Crippen molar-refractivity contribution in [1.29, 1.82) is 0 Å². The molecule has 3 fully saturated rings. The Kier molecular flexibility index (Phi) is 6.44. The van der Waals surface area contributed by atoms with Gasteiger partial charge in [-0.15, -0.1) is 0 Å². The van der Waals surface area contributed by atoms with Gasteiger partial charge in [0.2, 0.25) is 5.88 Å². The van der Waals surface area contributed by atoms with Crippen LogP contribution in [-0.2, 0) is 9.47 Å². The zero-order chi connectivity index (χ0) is 20.3. The molecule has 4 rings (SSSR count). The highest BCUT2D eigenvalue weighted by molar-refractivity contribution is 5.12. The monoisotopic (exact) mass is 403 g/mol. The number of rotatable bonds is 7. The normalized spacial score (nSPS) is 31.6. The van der Waals surface area contributed by atoms with E-state index >= 15 is 0 Å². The van der Waals surface area contributed by atoms with E-state index in [0.29, 0.717) is 6.04 Å². The molecular weight excluding hydrogens is 366 g/mol. The van der Waals surface area contributed by atoms with Gasteiger partial charge in [0.05, 0.1) is 18.8 Å². The van der Waals surface area contributed by atoms with Gasteiger partial charge < -0.3 is 14.2 Å².